The van der Waals surface area contributed by atoms with E-state index in [9.17, 15) is 14.4 Å². The van der Waals surface area contributed by atoms with E-state index in [1.807, 2.05) is 17.5 Å². The maximum Gasteiger partial charge on any atom is 0.329 e. The SMILES string of the molecule is CC(=O)Nc1ccc(NC(=O)C(=O)N/N=C/c2cccs2)cc1. The van der Waals surface area contributed by atoms with Crippen LogP contribution in [0.25, 0.3) is 0 Å². The number of nitrogens with one attached hydrogen (secondary N) is 3. The number of hydrogen-bond acceptors (Lipinski definition) is 5. The van der Waals surface area contributed by atoms with E-state index in [1.165, 1.54) is 24.5 Å². The lowest BCUT2D eigenvalue weighted by Gasteiger charge is -2.06. The van der Waals surface area contributed by atoms with Crippen LogP contribution in [-0.4, -0.2) is 23.9 Å². The van der Waals surface area contributed by atoms with Crippen molar-refractivity contribution in [2.75, 3.05) is 10.6 Å². The lowest BCUT2D eigenvalue weighted by Crippen LogP contribution is -2.32. The Hall–Kier alpha value is -3.00. The Morgan fingerprint density at radius 1 is 1.00 bits per heavy atom. The summed E-state index contributed by atoms with van der Waals surface area (Å²) in [5.74, 6) is -1.89. The van der Waals surface area contributed by atoms with Gasteiger partial charge in [-0.15, -0.1) is 11.3 Å². The molecule has 23 heavy (non-hydrogen) atoms. The third kappa shape index (κ3) is 5.36. The molecule has 1 aromatic heterocycles. The molecule has 0 aliphatic rings. The van der Waals surface area contributed by atoms with Gasteiger partial charge in [0.15, 0.2) is 0 Å². The zero-order chi connectivity index (χ0) is 16.7. The minimum atomic E-state index is -0.872. The minimum Gasteiger partial charge on any atom is -0.326 e. The number of benzene rings is 1. The Kier molecular flexibility index (Phi) is 5.59. The zero-order valence-electron chi connectivity index (χ0n) is 12.2. The van der Waals surface area contributed by atoms with Crippen molar-refractivity contribution in [2.24, 2.45) is 5.10 Å². The first-order chi connectivity index (χ1) is 11.0. The molecule has 0 saturated heterocycles. The molecular weight excluding hydrogens is 316 g/mol. The quantitative estimate of drug-likeness (QED) is 0.453. The molecule has 0 aliphatic carbocycles. The van der Waals surface area contributed by atoms with Gasteiger partial charge in [-0.25, -0.2) is 5.43 Å². The fraction of sp³-hybridized carbons (Fsp3) is 0.0667. The van der Waals surface area contributed by atoms with E-state index in [0.717, 1.165) is 4.88 Å². The van der Waals surface area contributed by atoms with Crippen molar-refractivity contribution < 1.29 is 14.4 Å². The number of carbonyl (C=O) groups excluding carboxylic acids is 3. The minimum absolute atomic E-state index is 0.190. The molecule has 118 valence electrons. The normalized spacial score (nSPS) is 10.3. The molecule has 0 radical (unpaired) electrons. The van der Waals surface area contributed by atoms with E-state index in [2.05, 4.69) is 21.2 Å². The van der Waals surface area contributed by atoms with Gasteiger partial charge in [0.05, 0.1) is 6.21 Å². The molecule has 2 rings (SSSR count). The fourth-order valence-corrected chi connectivity index (χ4v) is 2.18. The number of nitrogens with zero attached hydrogens (tertiary/aromatic N) is 1. The third-order valence-corrected chi connectivity index (χ3v) is 3.38. The molecule has 1 aromatic carbocycles. The van der Waals surface area contributed by atoms with Crippen molar-refractivity contribution >= 4 is 46.6 Å². The maximum absolute atomic E-state index is 11.7. The van der Waals surface area contributed by atoms with Gasteiger partial charge in [0.1, 0.15) is 0 Å². The summed E-state index contributed by atoms with van der Waals surface area (Å²) in [4.78, 5) is 35.1. The Balaban J connectivity index is 1.85. The molecule has 0 fully saturated rings. The summed E-state index contributed by atoms with van der Waals surface area (Å²) in [5.41, 5.74) is 3.18. The predicted octanol–water partition coefficient (Wildman–Crippen LogP) is 1.80. The van der Waals surface area contributed by atoms with Gasteiger partial charge in [-0.05, 0) is 35.7 Å². The first-order valence-corrected chi connectivity index (χ1v) is 7.48. The molecule has 2 aromatic rings. The molecule has 0 aliphatic heterocycles. The number of anilines is 2. The van der Waals surface area contributed by atoms with Crippen molar-refractivity contribution in [3.8, 4) is 0 Å². The Morgan fingerprint density at radius 2 is 1.65 bits per heavy atom. The first-order valence-electron chi connectivity index (χ1n) is 6.60. The summed E-state index contributed by atoms with van der Waals surface area (Å²) in [6.07, 6.45) is 1.46. The van der Waals surface area contributed by atoms with Crippen LogP contribution in [0.3, 0.4) is 0 Å². The Morgan fingerprint density at radius 3 is 2.22 bits per heavy atom. The number of amides is 3. The van der Waals surface area contributed by atoms with E-state index in [0.29, 0.717) is 11.4 Å². The van der Waals surface area contributed by atoms with Gasteiger partial charge < -0.3 is 10.6 Å². The fourth-order valence-electron chi connectivity index (χ4n) is 1.60. The average molecular weight is 330 g/mol. The second-order valence-electron chi connectivity index (χ2n) is 4.43. The molecule has 0 spiro atoms. The number of hydrazone groups is 1. The van der Waals surface area contributed by atoms with Crippen LogP contribution in [-0.2, 0) is 14.4 Å². The largest absolute Gasteiger partial charge is 0.329 e. The van der Waals surface area contributed by atoms with Crippen molar-refractivity contribution in [3.05, 3.63) is 46.7 Å². The topological polar surface area (TPSA) is 99.7 Å². The molecule has 3 N–H and O–H groups in total. The van der Waals surface area contributed by atoms with Crippen LogP contribution >= 0.6 is 11.3 Å². The summed E-state index contributed by atoms with van der Waals surface area (Å²) in [7, 11) is 0. The van der Waals surface area contributed by atoms with Gasteiger partial charge in [-0.1, -0.05) is 6.07 Å². The van der Waals surface area contributed by atoms with Crippen LogP contribution in [0.15, 0.2) is 46.9 Å². The summed E-state index contributed by atoms with van der Waals surface area (Å²) >= 11 is 1.46. The summed E-state index contributed by atoms with van der Waals surface area (Å²) < 4.78 is 0. The van der Waals surface area contributed by atoms with Crippen molar-refractivity contribution in [1.29, 1.82) is 0 Å². The van der Waals surface area contributed by atoms with E-state index >= 15 is 0 Å². The smallest absolute Gasteiger partial charge is 0.326 e. The van der Waals surface area contributed by atoms with Crippen LogP contribution in [0, 0.1) is 0 Å². The highest BCUT2D eigenvalue weighted by Crippen LogP contribution is 2.13. The number of hydrogen-bond donors (Lipinski definition) is 3. The predicted molar refractivity (Wildman–Crippen MR) is 89.4 cm³/mol. The molecule has 0 atom stereocenters. The molecule has 1 heterocycles. The molecule has 0 saturated carbocycles. The van der Waals surface area contributed by atoms with E-state index < -0.39 is 11.8 Å². The third-order valence-electron chi connectivity index (χ3n) is 2.57. The van der Waals surface area contributed by atoms with E-state index in [4.69, 9.17) is 0 Å². The Labute approximate surface area is 136 Å². The lowest BCUT2D eigenvalue weighted by atomic mass is 10.2. The molecule has 7 nitrogen and oxygen atoms in total. The van der Waals surface area contributed by atoms with Gasteiger partial charge >= 0.3 is 11.8 Å². The second kappa shape index (κ2) is 7.85. The van der Waals surface area contributed by atoms with Gasteiger partial charge in [0.2, 0.25) is 5.91 Å². The van der Waals surface area contributed by atoms with E-state index in [1.54, 1.807) is 24.3 Å². The highest BCUT2D eigenvalue weighted by molar-refractivity contribution is 7.11. The number of rotatable bonds is 4. The zero-order valence-corrected chi connectivity index (χ0v) is 13.0. The Bertz CT molecular complexity index is 724. The first kappa shape index (κ1) is 16.4. The maximum atomic E-state index is 11.7. The molecular formula is C15H14N4O3S. The molecule has 3 amide bonds. The highest BCUT2D eigenvalue weighted by Gasteiger charge is 2.12. The highest BCUT2D eigenvalue weighted by atomic mass is 32.1. The van der Waals surface area contributed by atoms with Gasteiger partial charge in [-0.2, -0.15) is 5.10 Å². The summed E-state index contributed by atoms with van der Waals surface area (Å²) in [6, 6.07) is 10.1. The van der Waals surface area contributed by atoms with Crippen molar-refractivity contribution in [1.82, 2.24) is 5.43 Å². The average Bonchev–Trinajstić information content (AvgIpc) is 3.02. The van der Waals surface area contributed by atoms with Crippen LogP contribution in [0.4, 0.5) is 11.4 Å². The number of carbonyl (C=O) groups is 3. The van der Waals surface area contributed by atoms with Crippen molar-refractivity contribution in [3.63, 3.8) is 0 Å². The summed E-state index contributed by atoms with van der Waals surface area (Å²) in [5, 5.41) is 10.6. The van der Waals surface area contributed by atoms with Crippen molar-refractivity contribution in [2.45, 2.75) is 6.92 Å². The van der Waals surface area contributed by atoms with Gasteiger partial charge in [0.25, 0.3) is 0 Å². The molecule has 0 bridgehead atoms. The van der Waals surface area contributed by atoms with Crippen LogP contribution in [0.2, 0.25) is 0 Å². The molecule has 8 heteroatoms. The van der Waals surface area contributed by atoms with Crippen LogP contribution in [0.5, 0.6) is 0 Å². The summed E-state index contributed by atoms with van der Waals surface area (Å²) in [6.45, 7) is 1.40. The van der Waals surface area contributed by atoms with Crippen LogP contribution < -0.4 is 16.1 Å². The van der Waals surface area contributed by atoms with Gasteiger partial charge in [0, 0.05) is 23.2 Å². The lowest BCUT2D eigenvalue weighted by molar-refractivity contribution is -0.136. The second-order valence-corrected chi connectivity index (χ2v) is 5.41. The standard InChI is InChI=1S/C15H14N4O3S/c1-10(20)17-11-4-6-12(7-5-11)18-14(21)15(22)19-16-9-13-3-2-8-23-13/h2-9H,1H3,(H,17,20)(H,18,21)(H,19,22)/b16-9+. The monoisotopic (exact) mass is 330 g/mol. The number of thiophene rings is 1. The van der Waals surface area contributed by atoms with Gasteiger partial charge in [-0.3, -0.25) is 14.4 Å². The van der Waals surface area contributed by atoms with E-state index in [-0.39, 0.29) is 5.91 Å². The van der Waals surface area contributed by atoms with Crippen LogP contribution in [0.1, 0.15) is 11.8 Å². The molecule has 0 unspecified atom stereocenters.